The van der Waals surface area contributed by atoms with Crippen molar-refractivity contribution in [2.24, 2.45) is 0 Å². The summed E-state index contributed by atoms with van der Waals surface area (Å²) in [7, 11) is 0. The summed E-state index contributed by atoms with van der Waals surface area (Å²) in [6.07, 6.45) is 4.34. The van der Waals surface area contributed by atoms with E-state index in [0.717, 1.165) is 6.29 Å². The van der Waals surface area contributed by atoms with Crippen molar-refractivity contribution in [3.8, 4) is 0 Å². The maximum absolute atomic E-state index is 9.66. The van der Waals surface area contributed by atoms with Crippen LogP contribution in [0.2, 0.25) is 0 Å². The Morgan fingerprint density at radius 2 is 2.00 bits per heavy atom. The molecule has 0 aromatic heterocycles. The number of carbonyl (C=O) groups is 2. The Morgan fingerprint density at radius 1 is 1.22 bits per heavy atom. The van der Waals surface area contributed by atoms with E-state index in [1.54, 1.807) is 0 Å². The van der Waals surface area contributed by atoms with Gasteiger partial charge in [0.05, 0.1) is 0 Å². The summed E-state index contributed by atoms with van der Waals surface area (Å²) in [6, 6.07) is 0. The Labute approximate surface area is 53.2 Å². The summed E-state index contributed by atoms with van der Waals surface area (Å²) in [5, 5.41) is 0. The van der Waals surface area contributed by atoms with E-state index in [4.69, 9.17) is 0 Å². The molecule has 0 saturated carbocycles. The average molecular weight is 122 g/mol. The fraction of sp³-hybridized carbons (Fsp3) is 0.143. The molecule has 0 aromatic carbocycles. The van der Waals surface area contributed by atoms with Gasteiger partial charge in [0.25, 0.3) is 0 Å². The molecule has 0 N–H and O–H groups in total. The van der Waals surface area contributed by atoms with Gasteiger partial charge >= 0.3 is 0 Å². The van der Waals surface area contributed by atoms with Crippen LogP contribution in [0.1, 0.15) is 6.42 Å². The zero-order chi connectivity index (χ0) is 6.95. The van der Waals surface area contributed by atoms with Gasteiger partial charge in [-0.05, 0) is 6.08 Å². The lowest BCUT2D eigenvalue weighted by Crippen LogP contribution is -1.60. The molecule has 0 bridgehead atoms. The van der Waals surface area contributed by atoms with Crippen molar-refractivity contribution in [3.05, 3.63) is 23.6 Å². The molecular formula is C7H6O2. The molecule has 0 rings (SSSR count). The summed E-state index contributed by atoms with van der Waals surface area (Å²) in [5.74, 6) is 0. The van der Waals surface area contributed by atoms with E-state index in [1.165, 1.54) is 12.2 Å². The second-order valence-electron chi connectivity index (χ2n) is 1.20. The first-order valence-electron chi connectivity index (χ1n) is 2.45. The van der Waals surface area contributed by atoms with Gasteiger partial charge < -0.3 is 4.79 Å². The monoisotopic (exact) mass is 122 g/mol. The average Bonchev–Trinajstić information content (AvgIpc) is 1.89. The molecule has 0 spiro atoms. The molecule has 0 unspecified atom stereocenters. The number of aldehydes is 2. The van der Waals surface area contributed by atoms with E-state index in [-0.39, 0.29) is 0 Å². The molecular weight excluding hydrogens is 116 g/mol. The molecule has 0 atom stereocenters. The van der Waals surface area contributed by atoms with Crippen LogP contribution < -0.4 is 0 Å². The molecule has 0 aliphatic carbocycles. The summed E-state index contributed by atoms with van der Waals surface area (Å²) in [5.41, 5.74) is 4.91. The maximum atomic E-state index is 9.66. The minimum atomic E-state index is 0.319. The Bertz CT molecular complexity index is 179. The number of hydrogen-bond donors (Lipinski definition) is 0. The predicted molar refractivity (Wildman–Crippen MR) is 32.9 cm³/mol. The normalized spacial score (nSPS) is 6.22. The lowest BCUT2D eigenvalue weighted by molar-refractivity contribution is -0.107. The van der Waals surface area contributed by atoms with Crippen molar-refractivity contribution in [2.75, 3.05) is 0 Å². The highest BCUT2D eigenvalue weighted by Crippen LogP contribution is 1.69. The Hall–Kier alpha value is -1.36. The fourth-order valence-electron chi connectivity index (χ4n) is 0.248. The van der Waals surface area contributed by atoms with Crippen LogP contribution in [0.5, 0.6) is 0 Å². The van der Waals surface area contributed by atoms with E-state index >= 15 is 0 Å². The van der Waals surface area contributed by atoms with Gasteiger partial charge in [-0.25, -0.2) is 0 Å². The van der Waals surface area contributed by atoms with Crippen molar-refractivity contribution in [1.82, 2.24) is 0 Å². The number of hydrogen-bond acceptors (Lipinski definition) is 2. The standard InChI is InChI=1S/C7H6O2/c8-6-4-2-1-3-5-7-9/h2,5-7H,4H2. The van der Waals surface area contributed by atoms with Crippen LogP contribution in [0.15, 0.2) is 23.6 Å². The number of carbonyl (C=O) groups excluding carboxylic acids is 2. The van der Waals surface area contributed by atoms with Crippen LogP contribution in [-0.4, -0.2) is 12.6 Å². The smallest absolute Gasteiger partial charge is 0.151 e. The van der Waals surface area contributed by atoms with Crippen molar-refractivity contribution in [3.63, 3.8) is 0 Å². The summed E-state index contributed by atoms with van der Waals surface area (Å²) < 4.78 is 0. The quantitative estimate of drug-likeness (QED) is 0.313. The second-order valence-corrected chi connectivity index (χ2v) is 1.20. The third kappa shape index (κ3) is 6.64. The van der Waals surface area contributed by atoms with Gasteiger partial charge in [-0.1, -0.05) is 11.5 Å². The molecule has 0 saturated heterocycles. The van der Waals surface area contributed by atoms with Gasteiger partial charge in [0, 0.05) is 12.5 Å². The van der Waals surface area contributed by atoms with E-state index in [2.05, 4.69) is 11.5 Å². The highest BCUT2D eigenvalue weighted by Gasteiger charge is 1.63. The van der Waals surface area contributed by atoms with Gasteiger partial charge in [-0.3, -0.25) is 4.79 Å². The second kappa shape index (κ2) is 6.64. The van der Waals surface area contributed by atoms with E-state index in [0.29, 0.717) is 12.7 Å². The third-order valence-electron chi connectivity index (χ3n) is 0.551. The number of allylic oxidation sites excluding steroid dienone is 2. The van der Waals surface area contributed by atoms with Crippen molar-refractivity contribution >= 4 is 12.6 Å². The molecule has 0 fully saturated rings. The first kappa shape index (κ1) is 7.64. The Balaban J connectivity index is 3.79. The first-order chi connectivity index (χ1) is 4.41. The lowest BCUT2D eigenvalue weighted by atomic mass is 10.4. The molecule has 2 nitrogen and oxygen atoms in total. The molecule has 46 valence electrons. The van der Waals surface area contributed by atoms with Gasteiger partial charge in [-0.2, -0.15) is 0 Å². The largest absolute Gasteiger partial charge is 0.303 e. The van der Waals surface area contributed by atoms with Crippen LogP contribution in [0.25, 0.3) is 0 Å². The first-order valence-corrected chi connectivity index (χ1v) is 2.45. The highest BCUT2D eigenvalue weighted by atomic mass is 16.1. The Kier molecular flexibility index (Phi) is 5.64. The topological polar surface area (TPSA) is 34.1 Å². The molecule has 0 amide bonds. The van der Waals surface area contributed by atoms with Crippen LogP contribution in [0, 0.1) is 0 Å². The van der Waals surface area contributed by atoms with Gasteiger partial charge in [0.1, 0.15) is 6.29 Å². The minimum Gasteiger partial charge on any atom is -0.303 e. The summed E-state index contributed by atoms with van der Waals surface area (Å²) in [6.45, 7) is 0. The number of rotatable bonds is 3. The summed E-state index contributed by atoms with van der Waals surface area (Å²) in [4.78, 5) is 19.3. The molecule has 0 radical (unpaired) electrons. The van der Waals surface area contributed by atoms with Crippen LogP contribution in [0.4, 0.5) is 0 Å². The van der Waals surface area contributed by atoms with Crippen LogP contribution in [0.3, 0.4) is 0 Å². The van der Waals surface area contributed by atoms with E-state index < -0.39 is 0 Å². The zero-order valence-corrected chi connectivity index (χ0v) is 4.83. The van der Waals surface area contributed by atoms with E-state index in [1.807, 2.05) is 0 Å². The minimum absolute atomic E-state index is 0.319. The molecule has 0 aromatic rings. The molecule has 0 heterocycles. The van der Waals surface area contributed by atoms with Crippen molar-refractivity contribution in [1.29, 1.82) is 0 Å². The third-order valence-corrected chi connectivity index (χ3v) is 0.551. The van der Waals surface area contributed by atoms with Crippen LogP contribution in [-0.2, 0) is 9.59 Å². The fourth-order valence-corrected chi connectivity index (χ4v) is 0.248. The summed E-state index contributed by atoms with van der Waals surface area (Å²) >= 11 is 0. The molecule has 2 heteroatoms. The Morgan fingerprint density at radius 3 is 2.56 bits per heavy atom. The van der Waals surface area contributed by atoms with Gasteiger partial charge in [0.15, 0.2) is 6.29 Å². The van der Waals surface area contributed by atoms with E-state index in [9.17, 15) is 9.59 Å². The van der Waals surface area contributed by atoms with Gasteiger partial charge in [0.2, 0.25) is 0 Å². The molecule has 0 aliphatic heterocycles. The highest BCUT2D eigenvalue weighted by molar-refractivity contribution is 5.64. The predicted octanol–water partition coefficient (Wildman–Crippen LogP) is 0.641. The van der Waals surface area contributed by atoms with Crippen LogP contribution >= 0.6 is 0 Å². The van der Waals surface area contributed by atoms with Crippen molar-refractivity contribution in [2.45, 2.75) is 6.42 Å². The maximum Gasteiger partial charge on any atom is 0.151 e. The lowest BCUT2D eigenvalue weighted by Gasteiger charge is -1.61. The van der Waals surface area contributed by atoms with Crippen molar-refractivity contribution < 1.29 is 9.59 Å². The molecule has 9 heavy (non-hydrogen) atoms. The SMILES string of the molecule is O=CC=C=C=CCC=O. The van der Waals surface area contributed by atoms with Gasteiger partial charge in [-0.15, -0.1) is 0 Å². The molecule has 0 aliphatic rings. The zero-order valence-electron chi connectivity index (χ0n) is 4.83.